The third-order valence-electron chi connectivity index (χ3n) is 2.39. The van der Waals surface area contributed by atoms with Gasteiger partial charge in [-0.15, -0.1) is 0 Å². The average Bonchev–Trinajstić information content (AvgIpc) is 2.40. The van der Waals surface area contributed by atoms with E-state index in [2.05, 4.69) is 20.9 Å². The maximum absolute atomic E-state index is 13.3. The third-order valence-corrected chi connectivity index (χ3v) is 3.03. The number of pyridine rings is 1. The fraction of sp³-hybridized carbons (Fsp3) is 0.0769. The van der Waals surface area contributed by atoms with Crippen LogP contribution in [0.5, 0.6) is 5.75 Å². The van der Waals surface area contributed by atoms with E-state index >= 15 is 0 Å². The molecule has 6 heteroatoms. The van der Waals surface area contributed by atoms with E-state index in [9.17, 15) is 9.18 Å². The zero-order chi connectivity index (χ0) is 13.8. The highest BCUT2D eigenvalue weighted by molar-refractivity contribution is 9.10. The van der Waals surface area contributed by atoms with Gasteiger partial charge in [0.05, 0.1) is 15.7 Å². The molecular formula is C13H9BrFNO3. The lowest BCUT2D eigenvalue weighted by molar-refractivity contribution is 0.0693. The Morgan fingerprint density at radius 2 is 2.21 bits per heavy atom. The number of ether oxygens (including phenoxy) is 1. The minimum absolute atomic E-state index is 0.0381. The number of halogens is 2. The first kappa shape index (κ1) is 13.5. The van der Waals surface area contributed by atoms with Crippen molar-refractivity contribution in [3.8, 4) is 5.75 Å². The van der Waals surface area contributed by atoms with Crippen LogP contribution in [0.25, 0.3) is 0 Å². The number of benzene rings is 1. The van der Waals surface area contributed by atoms with Crippen molar-refractivity contribution in [1.29, 1.82) is 0 Å². The van der Waals surface area contributed by atoms with Gasteiger partial charge in [-0.2, -0.15) is 0 Å². The van der Waals surface area contributed by atoms with Crippen molar-refractivity contribution in [3.63, 3.8) is 0 Å². The van der Waals surface area contributed by atoms with Crippen molar-refractivity contribution in [2.75, 3.05) is 0 Å². The second kappa shape index (κ2) is 5.79. The summed E-state index contributed by atoms with van der Waals surface area (Å²) in [5, 5.41) is 8.98. The van der Waals surface area contributed by atoms with Crippen LogP contribution in [0.2, 0.25) is 0 Å². The molecule has 2 aromatic rings. The molecule has 0 spiro atoms. The van der Waals surface area contributed by atoms with E-state index in [0.29, 0.717) is 15.9 Å². The molecule has 0 bridgehead atoms. The summed E-state index contributed by atoms with van der Waals surface area (Å²) in [6.45, 7) is -0.0381. The minimum Gasteiger partial charge on any atom is -0.487 e. The predicted octanol–water partition coefficient (Wildman–Crippen LogP) is 3.26. The largest absolute Gasteiger partial charge is 0.487 e. The molecule has 0 aliphatic carbocycles. The van der Waals surface area contributed by atoms with Crippen LogP contribution >= 0.6 is 15.9 Å². The van der Waals surface area contributed by atoms with E-state index in [1.165, 1.54) is 30.5 Å². The Labute approximate surface area is 117 Å². The molecule has 0 unspecified atom stereocenters. The zero-order valence-electron chi connectivity index (χ0n) is 9.64. The van der Waals surface area contributed by atoms with Crippen LogP contribution in [-0.4, -0.2) is 16.1 Å². The third kappa shape index (κ3) is 3.29. The molecule has 4 nitrogen and oxygen atoms in total. The fourth-order valence-electron chi connectivity index (χ4n) is 1.47. The number of hydrogen-bond acceptors (Lipinski definition) is 3. The Kier molecular flexibility index (Phi) is 4.11. The average molecular weight is 326 g/mol. The van der Waals surface area contributed by atoms with E-state index in [1.807, 2.05) is 0 Å². The van der Waals surface area contributed by atoms with E-state index in [0.717, 1.165) is 0 Å². The van der Waals surface area contributed by atoms with Gasteiger partial charge in [0.15, 0.2) is 0 Å². The van der Waals surface area contributed by atoms with E-state index < -0.39 is 11.8 Å². The summed E-state index contributed by atoms with van der Waals surface area (Å²) in [6, 6.07) is 7.29. The van der Waals surface area contributed by atoms with Crippen LogP contribution in [0.1, 0.15) is 16.1 Å². The first-order chi connectivity index (χ1) is 9.08. The van der Waals surface area contributed by atoms with Gasteiger partial charge in [0.2, 0.25) is 0 Å². The maximum Gasteiger partial charge on any atom is 0.337 e. The summed E-state index contributed by atoms with van der Waals surface area (Å²) < 4.78 is 18.9. The number of carboxylic acid groups (broad SMARTS) is 1. The fourth-order valence-corrected chi connectivity index (χ4v) is 1.71. The highest BCUT2D eigenvalue weighted by Gasteiger charge is 2.11. The number of aromatic carboxylic acids is 1. The van der Waals surface area contributed by atoms with Crippen LogP contribution < -0.4 is 4.74 Å². The number of carboxylic acids is 1. The van der Waals surface area contributed by atoms with Gasteiger partial charge in [-0.1, -0.05) is 0 Å². The second-order valence-corrected chi connectivity index (χ2v) is 4.52. The van der Waals surface area contributed by atoms with Crippen molar-refractivity contribution in [2.24, 2.45) is 0 Å². The van der Waals surface area contributed by atoms with Gasteiger partial charge in [-0.3, -0.25) is 4.98 Å². The molecule has 0 fully saturated rings. The van der Waals surface area contributed by atoms with Gasteiger partial charge in [-0.05, 0) is 40.2 Å². The smallest absolute Gasteiger partial charge is 0.337 e. The normalized spacial score (nSPS) is 10.2. The molecule has 1 aromatic carbocycles. The summed E-state index contributed by atoms with van der Waals surface area (Å²) in [7, 11) is 0. The molecule has 0 saturated carbocycles. The van der Waals surface area contributed by atoms with Crippen LogP contribution in [0, 0.1) is 5.82 Å². The summed E-state index contributed by atoms with van der Waals surface area (Å²) in [5.41, 5.74) is 0.360. The number of rotatable bonds is 4. The van der Waals surface area contributed by atoms with Crippen molar-refractivity contribution in [3.05, 3.63) is 58.1 Å². The molecule has 0 aliphatic rings. The lowest BCUT2D eigenvalue weighted by Crippen LogP contribution is -2.07. The molecular weight excluding hydrogens is 317 g/mol. The van der Waals surface area contributed by atoms with Gasteiger partial charge in [0, 0.05) is 12.3 Å². The molecule has 98 valence electrons. The van der Waals surface area contributed by atoms with Crippen molar-refractivity contribution >= 4 is 21.9 Å². The first-order valence-corrected chi connectivity index (χ1v) is 6.12. The van der Waals surface area contributed by atoms with Gasteiger partial charge in [0.1, 0.15) is 18.2 Å². The maximum atomic E-state index is 13.3. The summed E-state index contributed by atoms with van der Waals surface area (Å²) in [4.78, 5) is 14.9. The van der Waals surface area contributed by atoms with E-state index in [4.69, 9.17) is 9.84 Å². The Hall–Kier alpha value is -1.95. The Morgan fingerprint density at radius 3 is 2.89 bits per heavy atom. The molecule has 2 rings (SSSR count). The zero-order valence-corrected chi connectivity index (χ0v) is 11.2. The van der Waals surface area contributed by atoms with Gasteiger partial charge in [-0.25, -0.2) is 9.18 Å². The van der Waals surface area contributed by atoms with Gasteiger partial charge in [0.25, 0.3) is 0 Å². The quantitative estimate of drug-likeness (QED) is 0.937. The number of hydrogen-bond donors (Lipinski definition) is 1. The molecule has 0 atom stereocenters. The van der Waals surface area contributed by atoms with Crippen molar-refractivity contribution in [1.82, 2.24) is 4.98 Å². The molecule has 0 radical (unpaired) electrons. The standard InChI is InChI=1S/C13H9BrFNO3/c14-10-4-3-8(6-11(10)15)19-7-12-9(13(17)18)2-1-5-16-12/h1-6H,7H2,(H,17,18). The summed E-state index contributed by atoms with van der Waals surface area (Å²) in [5.74, 6) is -1.21. The van der Waals surface area contributed by atoms with E-state index in [-0.39, 0.29) is 12.2 Å². The number of carbonyl (C=O) groups is 1. The Bertz CT molecular complexity index is 619. The molecule has 1 heterocycles. The topological polar surface area (TPSA) is 59.4 Å². The molecule has 0 aliphatic heterocycles. The molecule has 0 amide bonds. The minimum atomic E-state index is -1.08. The summed E-state index contributed by atoms with van der Waals surface area (Å²) >= 11 is 3.04. The molecule has 0 saturated heterocycles. The van der Waals surface area contributed by atoms with Crippen molar-refractivity contribution < 1.29 is 19.0 Å². The van der Waals surface area contributed by atoms with Gasteiger partial charge >= 0.3 is 5.97 Å². The highest BCUT2D eigenvalue weighted by atomic mass is 79.9. The number of nitrogens with zero attached hydrogens (tertiary/aromatic N) is 1. The Morgan fingerprint density at radius 1 is 1.42 bits per heavy atom. The molecule has 19 heavy (non-hydrogen) atoms. The lowest BCUT2D eigenvalue weighted by Gasteiger charge is -2.08. The molecule has 1 aromatic heterocycles. The van der Waals surface area contributed by atoms with Crippen LogP contribution in [0.4, 0.5) is 4.39 Å². The van der Waals surface area contributed by atoms with Crippen LogP contribution in [-0.2, 0) is 6.61 Å². The molecule has 1 N–H and O–H groups in total. The lowest BCUT2D eigenvalue weighted by atomic mass is 10.2. The SMILES string of the molecule is O=C(O)c1cccnc1COc1ccc(Br)c(F)c1. The Balaban J connectivity index is 2.14. The van der Waals surface area contributed by atoms with Gasteiger partial charge < -0.3 is 9.84 Å². The second-order valence-electron chi connectivity index (χ2n) is 3.67. The summed E-state index contributed by atoms with van der Waals surface area (Å²) in [6.07, 6.45) is 1.48. The number of aromatic nitrogens is 1. The first-order valence-electron chi connectivity index (χ1n) is 5.33. The monoisotopic (exact) mass is 325 g/mol. The van der Waals surface area contributed by atoms with E-state index in [1.54, 1.807) is 6.07 Å². The highest BCUT2D eigenvalue weighted by Crippen LogP contribution is 2.21. The van der Waals surface area contributed by atoms with Crippen molar-refractivity contribution in [2.45, 2.75) is 6.61 Å². The predicted molar refractivity (Wildman–Crippen MR) is 69.6 cm³/mol. The van der Waals surface area contributed by atoms with Crippen LogP contribution in [0.3, 0.4) is 0 Å². The van der Waals surface area contributed by atoms with Crippen LogP contribution in [0.15, 0.2) is 41.0 Å².